The minimum Gasteiger partial charge on any atom is -0.378 e. The summed E-state index contributed by atoms with van der Waals surface area (Å²) in [5.41, 5.74) is 3.02. The van der Waals surface area contributed by atoms with Crippen molar-refractivity contribution in [1.29, 1.82) is 0 Å². The van der Waals surface area contributed by atoms with Crippen molar-refractivity contribution in [2.45, 2.75) is 6.54 Å². The zero-order chi connectivity index (χ0) is 13.1. The van der Waals surface area contributed by atoms with Crippen LogP contribution in [-0.2, 0) is 6.54 Å². The van der Waals surface area contributed by atoms with Crippen molar-refractivity contribution in [2.75, 3.05) is 5.32 Å². The zero-order valence-electron chi connectivity index (χ0n) is 10.2. The lowest BCUT2D eigenvalue weighted by Gasteiger charge is -2.06. The van der Waals surface area contributed by atoms with Gasteiger partial charge in [0.25, 0.3) is 0 Å². The van der Waals surface area contributed by atoms with Crippen molar-refractivity contribution in [3.63, 3.8) is 0 Å². The third-order valence-corrected chi connectivity index (χ3v) is 3.33. The number of anilines is 1. The van der Waals surface area contributed by atoms with Gasteiger partial charge in [0.1, 0.15) is 4.60 Å². The van der Waals surface area contributed by atoms with Crippen molar-refractivity contribution in [3.8, 4) is 0 Å². The number of hydrogen-bond donors (Lipinski definition) is 1. The fraction of sp³-hybridized carbons (Fsp3) is 0.0667. The molecule has 0 radical (unpaired) electrons. The molecule has 0 saturated heterocycles. The number of rotatable bonds is 3. The SMILES string of the molecule is Brc1ccc(NCc2ccc3ccccc3n2)cn1. The number of benzene rings is 1. The maximum absolute atomic E-state index is 4.62. The van der Waals surface area contributed by atoms with Gasteiger partial charge in [-0.15, -0.1) is 0 Å². The van der Waals surface area contributed by atoms with Crippen LogP contribution < -0.4 is 5.32 Å². The van der Waals surface area contributed by atoms with E-state index in [4.69, 9.17) is 0 Å². The van der Waals surface area contributed by atoms with E-state index in [1.54, 1.807) is 6.20 Å². The number of aromatic nitrogens is 2. The highest BCUT2D eigenvalue weighted by Crippen LogP contribution is 2.14. The predicted octanol–water partition coefficient (Wildman–Crippen LogP) is 4.00. The summed E-state index contributed by atoms with van der Waals surface area (Å²) in [5.74, 6) is 0. The molecule has 2 aromatic heterocycles. The quantitative estimate of drug-likeness (QED) is 0.743. The summed E-state index contributed by atoms with van der Waals surface area (Å²) in [6.45, 7) is 0.689. The molecule has 19 heavy (non-hydrogen) atoms. The average Bonchev–Trinajstić information content (AvgIpc) is 2.46. The minimum atomic E-state index is 0.689. The highest BCUT2D eigenvalue weighted by Gasteiger charge is 1.98. The molecule has 0 amide bonds. The van der Waals surface area contributed by atoms with Gasteiger partial charge in [-0.3, -0.25) is 4.98 Å². The van der Waals surface area contributed by atoms with E-state index < -0.39 is 0 Å². The van der Waals surface area contributed by atoms with Crippen molar-refractivity contribution >= 4 is 32.5 Å². The minimum absolute atomic E-state index is 0.689. The molecule has 0 saturated carbocycles. The predicted molar refractivity (Wildman–Crippen MR) is 81.0 cm³/mol. The Morgan fingerprint density at radius 3 is 2.74 bits per heavy atom. The van der Waals surface area contributed by atoms with Gasteiger partial charge in [0, 0.05) is 5.39 Å². The molecule has 2 heterocycles. The van der Waals surface area contributed by atoms with E-state index in [9.17, 15) is 0 Å². The van der Waals surface area contributed by atoms with Crippen LogP contribution in [0.25, 0.3) is 10.9 Å². The molecule has 3 nitrogen and oxygen atoms in total. The molecule has 3 aromatic rings. The number of para-hydroxylation sites is 1. The van der Waals surface area contributed by atoms with E-state index in [0.717, 1.165) is 26.9 Å². The summed E-state index contributed by atoms with van der Waals surface area (Å²) in [4.78, 5) is 8.79. The first kappa shape index (κ1) is 12.1. The fourth-order valence-electron chi connectivity index (χ4n) is 1.88. The maximum atomic E-state index is 4.62. The van der Waals surface area contributed by atoms with Gasteiger partial charge >= 0.3 is 0 Å². The summed E-state index contributed by atoms with van der Waals surface area (Å²) < 4.78 is 0.835. The standard InChI is InChI=1S/C15H12BrN3/c16-15-8-7-12(9-18-15)17-10-13-6-5-11-3-1-2-4-14(11)19-13/h1-9,17H,10H2. The van der Waals surface area contributed by atoms with Crippen LogP contribution in [-0.4, -0.2) is 9.97 Å². The maximum Gasteiger partial charge on any atom is 0.106 e. The Morgan fingerprint density at radius 1 is 1.00 bits per heavy atom. The van der Waals surface area contributed by atoms with Crippen molar-refractivity contribution in [1.82, 2.24) is 9.97 Å². The van der Waals surface area contributed by atoms with Gasteiger partial charge in [-0.2, -0.15) is 0 Å². The average molecular weight is 314 g/mol. The first-order valence-electron chi connectivity index (χ1n) is 6.01. The van der Waals surface area contributed by atoms with Gasteiger partial charge in [0.2, 0.25) is 0 Å². The Bertz CT molecular complexity index is 695. The van der Waals surface area contributed by atoms with Crippen LogP contribution in [0.1, 0.15) is 5.69 Å². The Labute approximate surface area is 119 Å². The Kier molecular flexibility index (Phi) is 3.42. The van der Waals surface area contributed by atoms with Crippen LogP contribution in [0.5, 0.6) is 0 Å². The van der Waals surface area contributed by atoms with Crippen LogP contribution in [0, 0.1) is 0 Å². The number of hydrogen-bond acceptors (Lipinski definition) is 3. The van der Waals surface area contributed by atoms with Crippen LogP contribution in [0.15, 0.2) is 59.3 Å². The number of nitrogens with zero attached hydrogens (tertiary/aromatic N) is 2. The van der Waals surface area contributed by atoms with Gasteiger partial charge in [-0.1, -0.05) is 24.3 Å². The van der Waals surface area contributed by atoms with Crippen molar-refractivity contribution in [2.24, 2.45) is 0 Å². The summed E-state index contributed by atoms with van der Waals surface area (Å²) in [5, 5.41) is 4.47. The van der Waals surface area contributed by atoms with Gasteiger partial charge < -0.3 is 5.32 Å². The van der Waals surface area contributed by atoms with Gasteiger partial charge in [0.05, 0.1) is 29.6 Å². The summed E-state index contributed by atoms with van der Waals surface area (Å²) in [6.07, 6.45) is 1.80. The van der Waals surface area contributed by atoms with E-state index in [0.29, 0.717) is 6.54 Å². The molecule has 0 bridgehead atoms. The highest BCUT2D eigenvalue weighted by atomic mass is 79.9. The van der Waals surface area contributed by atoms with Gasteiger partial charge in [-0.05, 0) is 40.2 Å². The van der Waals surface area contributed by atoms with Crippen LogP contribution in [0.3, 0.4) is 0 Å². The molecule has 1 aromatic carbocycles. The summed E-state index contributed by atoms with van der Waals surface area (Å²) in [7, 11) is 0. The third-order valence-electron chi connectivity index (χ3n) is 2.86. The molecular formula is C15H12BrN3. The largest absolute Gasteiger partial charge is 0.378 e. The second-order valence-corrected chi connectivity index (χ2v) is 5.03. The molecule has 0 spiro atoms. The molecule has 0 unspecified atom stereocenters. The van der Waals surface area contributed by atoms with Crippen LogP contribution in [0.4, 0.5) is 5.69 Å². The highest BCUT2D eigenvalue weighted by molar-refractivity contribution is 9.10. The molecular weight excluding hydrogens is 302 g/mol. The zero-order valence-corrected chi connectivity index (χ0v) is 11.8. The second kappa shape index (κ2) is 5.36. The lowest BCUT2D eigenvalue weighted by atomic mass is 10.2. The molecule has 0 aliphatic heterocycles. The molecule has 0 atom stereocenters. The molecule has 94 valence electrons. The second-order valence-electron chi connectivity index (χ2n) is 4.22. The fourth-order valence-corrected chi connectivity index (χ4v) is 2.11. The monoisotopic (exact) mass is 313 g/mol. The topological polar surface area (TPSA) is 37.8 Å². The summed E-state index contributed by atoms with van der Waals surface area (Å²) >= 11 is 3.32. The Morgan fingerprint density at radius 2 is 1.89 bits per heavy atom. The molecule has 4 heteroatoms. The normalized spacial score (nSPS) is 10.6. The number of fused-ring (bicyclic) bond motifs is 1. The van der Waals surface area contributed by atoms with Gasteiger partial charge in [0.15, 0.2) is 0 Å². The van der Waals surface area contributed by atoms with Crippen molar-refractivity contribution < 1.29 is 0 Å². The number of halogens is 1. The van der Waals surface area contributed by atoms with Crippen molar-refractivity contribution in [3.05, 3.63) is 65.0 Å². The molecule has 1 N–H and O–H groups in total. The van der Waals surface area contributed by atoms with E-state index in [2.05, 4.69) is 43.3 Å². The van der Waals surface area contributed by atoms with Gasteiger partial charge in [-0.25, -0.2) is 4.98 Å². The first-order valence-corrected chi connectivity index (χ1v) is 6.81. The lowest BCUT2D eigenvalue weighted by Crippen LogP contribution is -2.01. The number of pyridine rings is 2. The Hall–Kier alpha value is -1.94. The molecule has 0 fully saturated rings. The molecule has 0 aliphatic rings. The lowest BCUT2D eigenvalue weighted by molar-refractivity contribution is 1.06. The Balaban J connectivity index is 1.76. The molecule has 3 rings (SSSR count). The third kappa shape index (κ3) is 2.90. The van der Waals surface area contributed by atoms with E-state index in [1.165, 1.54) is 0 Å². The van der Waals surface area contributed by atoms with E-state index in [1.807, 2.05) is 36.4 Å². The smallest absolute Gasteiger partial charge is 0.106 e. The van der Waals surface area contributed by atoms with Crippen LogP contribution in [0.2, 0.25) is 0 Å². The van der Waals surface area contributed by atoms with E-state index in [-0.39, 0.29) is 0 Å². The summed E-state index contributed by atoms with van der Waals surface area (Å²) in [6, 6.07) is 16.2. The first-order chi connectivity index (χ1) is 9.31. The van der Waals surface area contributed by atoms with E-state index >= 15 is 0 Å². The number of nitrogens with one attached hydrogen (secondary N) is 1. The molecule has 0 aliphatic carbocycles. The van der Waals surface area contributed by atoms with Crippen LogP contribution >= 0.6 is 15.9 Å².